The van der Waals surface area contributed by atoms with Gasteiger partial charge in [-0.2, -0.15) is 0 Å². The van der Waals surface area contributed by atoms with Crippen LogP contribution in [-0.4, -0.2) is 19.7 Å². The predicted molar refractivity (Wildman–Crippen MR) is 84.3 cm³/mol. The summed E-state index contributed by atoms with van der Waals surface area (Å²) in [5.74, 6) is 0.882. The largest absolute Gasteiger partial charge is 0.497 e. The minimum Gasteiger partial charge on any atom is -0.497 e. The molecule has 2 heteroatoms. The molecule has 0 radical (unpaired) electrons. The van der Waals surface area contributed by atoms with Crippen molar-refractivity contribution in [1.29, 1.82) is 0 Å². The Labute approximate surface area is 120 Å². The third-order valence-corrected chi connectivity index (χ3v) is 3.84. The Hall–Kier alpha value is -2.22. The zero-order chi connectivity index (χ0) is 14.1. The maximum absolute atomic E-state index is 5.19. The average Bonchev–Trinajstić information content (AvgIpc) is 3.28. The first-order chi connectivity index (χ1) is 9.69. The summed E-state index contributed by atoms with van der Waals surface area (Å²) in [5, 5.41) is 0. The van der Waals surface area contributed by atoms with E-state index in [2.05, 4.69) is 54.8 Å². The SMILES string of the molecule is C=C(c1ccc(OC)cc1)C1CN1c1ccc(C)cc1. The van der Waals surface area contributed by atoms with E-state index in [0.29, 0.717) is 6.04 Å². The lowest BCUT2D eigenvalue weighted by Crippen LogP contribution is -2.01. The van der Waals surface area contributed by atoms with Crippen molar-refractivity contribution in [2.45, 2.75) is 13.0 Å². The van der Waals surface area contributed by atoms with Gasteiger partial charge >= 0.3 is 0 Å². The quantitative estimate of drug-likeness (QED) is 0.777. The number of hydrogen-bond donors (Lipinski definition) is 0. The first-order valence-corrected chi connectivity index (χ1v) is 6.85. The molecule has 0 spiro atoms. The molecule has 102 valence electrons. The molecule has 1 saturated heterocycles. The molecule has 0 aliphatic carbocycles. The predicted octanol–water partition coefficient (Wildman–Crippen LogP) is 3.91. The normalized spacial score (nSPS) is 16.9. The lowest BCUT2D eigenvalue weighted by molar-refractivity contribution is 0.415. The molecule has 20 heavy (non-hydrogen) atoms. The Balaban J connectivity index is 1.71. The third kappa shape index (κ3) is 2.42. The van der Waals surface area contributed by atoms with Crippen molar-refractivity contribution >= 4 is 11.3 Å². The highest BCUT2D eigenvalue weighted by Gasteiger charge is 2.36. The van der Waals surface area contributed by atoms with Crippen molar-refractivity contribution in [1.82, 2.24) is 0 Å². The molecule has 2 aromatic carbocycles. The number of benzene rings is 2. The lowest BCUT2D eigenvalue weighted by Gasteiger charge is -2.09. The fraction of sp³-hybridized carbons (Fsp3) is 0.222. The standard InChI is InChI=1S/C18H19NO/c1-13-4-8-16(9-5-13)19-12-18(19)14(2)15-6-10-17(20-3)11-7-15/h4-11,18H,2,12H2,1,3H3. The summed E-state index contributed by atoms with van der Waals surface area (Å²) in [4.78, 5) is 2.37. The van der Waals surface area contributed by atoms with Gasteiger partial charge < -0.3 is 9.64 Å². The van der Waals surface area contributed by atoms with Crippen molar-refractivity contribution in [3.63, 3.8) is 0 Å². The summed E-state index contributed by atoms with van der Waals surface area (Å²) in [6, 6.07) is 17.2. The van der Waals surface area contributed by atoms with Crippen molar-refractivity contribution in [3.8, 4) is 5.75 Å². The second-order valence-corrected chi connectivity index (χ2v) is 5.26. The van der Waals surface area contributed by atoms with Gasteiger partial charge in [-0.05, 0) is 42.3 Å². The summed E-state index contributed by atoms with van der Waals surface area (Å²) >= 11 is 0. The summed E-state index contributed by atoms with van der Waals surface area (Å²) in [5.41, 5.74) is 4.93. The van der Waals surface area contributed by atoms with Gasteiger partial charge in [0.2, 0.25) is 0 Å². The van der Waals surface area contributed by atoms with Crippen LogP contribution in [0.2, 0.25) is 0 Å². The van der Waals surface area contributed by atoms with Gasteiger partial charge in [0.05, 0.1) is 13.2 Å². The van der Waals surface area contributed by atoms with E-state index < -0.39 is 0 Å². The van der Waals surface area contributed by atoms with Crippen LogP contribution >= 0.6 is 0 Å². The number of ether oxygens (including phenoxy) is 1. The van der Waals surface area contributed by atoms with E-state index >= 15 is 0 Å². The van der Waals surface area contributed by atoms with Crippen molar-refractivity contribution in [3.05, 3.63) is 66.2 Å². The first-order valence-electron chi connectivity index (χ1n) is 6.85. The molecule has 1 aliphatic rings. The molecule has 3 rings (SSSR count). The van der Waals surface area contributed by atoms with Gasteiger partial charge in [0.25, 0.3) is 0 Å². The minimum atomic E-state index is 0.422. The van der Waals surface area contributed by atoms with Gasteiger partial charge in [0.15, 0.2) is 0 Å². The molecule has 2 aromatic rings. The third-order valence-electron chi connectivity index (χ3n) is 3.84. The van der Waals surface area contributed by atoms with Crippen LogP contribution in [0.15, 0.2) is 55.1 Å². The molecule has 2 nitrogen and oxygen atoms in total. The zero-order valence-electron chi connectivity index (χ0n) is 12.0. The highest BCUT2D eigenvalue weighted by molar-refractivity contribution is 5.77. The minimum absolute atomic E-state index is 0.422. The van der Waals surface area contributed by atoms with Gasteiger partial charge in [0.1, 0.15) is 5.75 Å². The molecule has 1 fully saturated rings. The van der Waals surface area contributed by atoms with E-state index in [1.807, 2.05) is 12.1 Å². The molecule has 0 saturated carbocycles. The van der Waals surface area contributed by atoms with Crippen LogP contribution in [0.1, 0.15) is 11.1 Å². The maximum Gasteiger partial charge on any atom is 0.118 e. The van der Waals surface area contributed by atoms with E-state index in [9.17, 15) is 0 Å². The second kappa shape index (κ2) is 5.04. The Bertz CT molecular complexity index is 613. The van der Waals surface area contributed by atoms with Crippen LogP contribution < -0.4 is 9.64 Å². The fourth-order valence-corrected chi connectivity index (χ4v) is 2.46. The number of rotatable bonds is 4. The van der Waals surface area contributed by atoms with Crippen LogP contribution in [0.3, 0.4) is 0 Å². The van der Waals surface area contributed by atoms with E-state index in [-0.39, 0.29) is 0 Å². The first kappa shape index (κ1) is 12.8. The number of nitrogens with zero attached hydrogens (tertiary/aromatic N) is 1. The van der Waals surface area contributed by atoms with Crippen LogP contribution in [-0.2, 0) is 0 Å². The molecular weight excluding hydrogens is 246 g/mol. The van der Waals surface area contributed by atoms with Crippen molar-refractivity contribution in [2.24, 2.45) is 0 Å². The van der Waals surface area contributed by atoms with Crippen LogP contribution in [0.25, 0.3) is 5.57 Å². The smallest absolute Gasteiger partial charge is 0.118 e. The number of aryl methyl sites for hydroxylation is 1. The number of anilines is 1. The molecule has 1 aliphatic heterocycles. The summed E-state index contributed by atoms with van der Waals surface area (Å²) in [6.45, 7) is 7.41. The summed E-state index contributed by atoms with van der Waals surface area (Å²) in [7, 11) is 1.68. The van der Waals surface area contributed by atoms with Gasteiger partial charge in [-0.15, -0.1) is 0 Å². The lowest BCUT2D eigenvalue weighted by atomic mass is 10.0. The Kier molecular flexibility index (Phi) is 3.23. The molecule has 0 amide bonds. The van der Waals surface area contributed by atoms with Gasteiger partial charge in [-0.3, -0.25) is 0 Å². The fourth-order valence-electron chi connectivity index (χ4n) is 2.46. The second-order valence-electron chi connectivity index (χ2n) is 5.26. The Morgan fingerprint density at radius 2 is 1.75 bits per heavy atom. The topological polar surface area (TPSA) is 12.2 Å². The Morgan fingerprint density at radius 1 is 1.10 bits per heavy atom. The van der Waals surface area contributed by atoms with Crippen molar-refractivity contribution < 1.29 is 4.74 Å². The molecule has 0 aromatic heterocycles. The monoisotopic (exact) mass is 265 g/mol. The van der Waals surface area contributed by atoms with Crippen LogP contribution in [0.4, 0.5) is 5.69 Å². The summed E-state index contributed by atoms with van der Waals surface area (Å²) in [6.07, 6.45) is 0. The Morgan fingerprint density at radius 3 is 2.35 bits per heavy atom. The zero-order valence-corrected chi connectivity index (χ0v) is 12.0. The van der Waals surface area contributed by atoms with E-state index in [0.717, 1.165) is 12.3 Å². The molecule has 0 N–H and O–H groups in total. The highest BCUT2D eigenvalue weighted by atomic mass is 16.5. The molecule has 1 heterocycles. The van der Waals surface area contributed by atoms with E-state index in [4.69, 9.17) is 4.74 Å². The van der Waals surface area contributed by atoms with Gasteiger partial charge in [0, 0.05) is 12.2 Å². The molecular formula is C18H19NO. The van der Waals surface area contributed by atoms with E-state index in [1.54, 1.807) is 7.11 Å². The highest BCUT2D eigenvalue weighted by Crippen LogP contribution is 2.36. The number of hydrogen-bond acceptors (Lipinski definition) is 2. The van der Waals surface area contributed by atoms with E-state index in [1.165, 1.54) is 22.4 Å². The number of methoxy groups -OCH3 is 1. The van der Waals surface area contributed by atoms with Crippen LogP contribution in [0, 0.1) is 6.92 Å². The maximum atomic E-state index is 5.19. The van der Waals surface area contributed by atoms with Gasteiger partial charge in [-0.1, -0.05) is 36.4 Å². The van der Waals surface area contributed by atoms with Crippen molar-refractivity contribution in [2.75, 3.05) is 18.6 Å². The summed E-state index contributed by atoms with van der Waals surface area (Å²) < 4.78 is 5.19. The molecule has 1 atom stereocenters. The molecule has 1 unspecified atom stereocenters. The van der Waals surface area contributed by atoms with Gasteiger partial charge in [-0.25, -0.2) is 0 Å². The average molecular weight is 265 g/mol. The molecule has 0 bridgehead atoms. The van der Waals surface area contributed by atoms with Crippen LogP contribution in [0.5, 0.6) is 5.75 Å².